The molecule has 1 aromatic carbocycles. The van der Waals surface area contributed by atoms with E-state index in [-0.39, 0.29) is 17.3 Å². The van der Waals surface area contributed by atoms with Crippen LogP contribution in [0, 0.1) is 17.1 Å². The maximum absolute atomic E-state index is 13.1. The fourth-order valence-electron chi connectivity index (χ4n) is 1.76. The van der Waals surface area contributed by atoms with E-state index in [2.05, 4.69) is 9.97 Å². The zero-order valence-corrected chi connectivity index (χ0v) is 10.2. The molecule has 0 aliphatic rings. The van der Waals surface area contributed by atoms with Gasteiger partial charge >= 0.3 is 6.18 Å². The first-order valence-electron chi connectivity index (χ1n) is 5.44. The molecule has 2 rings (SSSR count). The molecule has 21 heavy (non-hydrogen) atoms. The third kappa shape index (κ3) is 2.69. The van der Waals surface area contributed by atoms with E-state index >= 15 is 0 Å². The average molecular weight is 297 g/mol. The van der Waals surface area contributed by atoms with Gasteiger partial charge in [-0.3, -0.25) is 0 Å². The average Bonchev–Trinajstić information content (AvgIpc) is 2.36. The minimum atomic E-state index is -4.83. The number of anilines is 2. The summed E-state index contributed by atoms with van der Waals surface area (Å²) >= 11 is 0. The Balaban J connectivity index is 2.83. The summed E-state index contributed by atoms with van der Waals surface area (Å²) in [5.74, 6) is -1.81. The summed E-state index contributed by atoms with van der Waals surface area (Å²) in [6, 6.07) is 3.61. The summed E-state index contributed by atoms with van der Waals surface area (Å²) in [6.07, 6.45) is -4.83. The standard InChI is InChI=1S/C12H7F4N5/c13-5-1-2-6(8(3-5)12(14,15)16)9-7(4-17)10(18)21-11(19)20-9/h1-3H,(H4,18,19,20,21). The number of benzene rings is 1. The van der Waals surface area contributed by atoms with Crippen molar-refractivity contribution in [3.63, 3.8) is 0 Å². The molecule has 0 spiro atoms. The molecule has 9 heteroatoms. The van der Waals surface area contributed by atoms with Crippen molar-refractivity contribution in [2.45, 2.75) is 6.18 Å². The van der Waals surface area contributed by atoms with E-state index in [1.165, 1.54) is 0 Å². The van der Waals surface area contributed by atoms with Gasteiger partial charge in [0.05, 0.1) is 11.3 Å². The predicted octanol–water partition coefficient (Wildman–Crippen LogP) is 2.34. The zero-order chi connectivity index (χ0) is 15.8. The number of hydrogen-bond acceptors (Lipinski definition) is 5. The highest BCUT2D eigenvalue weighted by Gasteiger charge is 2.35. The molecule has 5 nitrogen and oxygen atoms in total. The monoisotopic (exact) mass is 297 g/mol. The summed E-state index contributed by atoms with van der Waals surface area (Å²) in [7, 11) is 0. The van der Waals surface area contributed by atoms with Gasteiger partial charge in [-0.15, -0.1) is 0 Å². The van der Waals surface area contributed by atoms with Crippen LogP contribution in [0.3, 0.4) is 0 Å². The van der Waals surface area contributed by atoms with Crippen molar-refractivity contribution >= 4 is 11.8 Å². The van der Waals surface area contributed by atoms with E-state index < -0.39 is 28.8 Å². The summed E-state index contributed by atoms with van der Waals surface area (Å²) in [4.78, 5) is 7.13. The Hall–Kier alpha value is -2.89. The molecule has 0 saturated carbocycles. The van der Waals surface area contributed by atoms with Crippen LogP contribution >= 0.6 is 0 Å². The lowest BCUT2D eigenvalue weighted by molar-refractivity contribution is -0.137. The van der Waals surface area contributed by atoms with Crippen LogP contribution in [0.4, 0.5) is 29.3 Å². The Labute approximate surface area is 115 Å². The van der Waals surface area contributed by atoms with E-state index in [4.69, 9.17) is 16.7 Å². The van der Waals surface area contributed by atoms with Gasteiger partial charge < -0.3 is 11.5 Å². The van der Waals surface area contributed by atoms with E-state index in [0.717, 1.165) is 12.1 Å². The number of rotatable bonds is 1. The molecule has 1 aromatic heterocycles. The topological polar surface area (TPSA) is 102 Å². The quantitative estimate of drug-likeness (QED) is 0.787. The maximum atomic E-state index is 13.1. The normalized spacial score (nSPS) is 11.2. The van der Waals surface area contributed by atoms with Crippen LogP contribution in [0.15, 0.2) is 18.2 Å². The molecule has 0 atom stereocenters. The van der Waals surface area contributed by atoms with Crippen LogP contribution in [-0.4, -0.2) is 9.97 Å². The number of aromatic nitrogens is 2. The number of nitriles is 1. The zero-order valence-electron chi connectivity index (χ0n) is 10.2. The SMILES string of the molecule is N#Cc1c(N)nc(N)nc1-c1ccc(F)cc1C(F)(F)F. The van der Waals surface area contributed by atoms with Crippen molar-refractivity contribution in [2.24, 2.45) is 0 Å². The van der Waals surface area contributed by atoms with Gasteiger partial charge in [-0.25, -0.2) is 9.37 Å². The van der Waals surface area contributed by atoms with Gasteiger partial charge in [0, 0.05) is 5.56 Å². The first-order chi connectivity index (χ1) is 9.74. The highest BCUT2D eigenvalue weighted by atomic mass is 19.4. The number of nitrogens with zero attached hydrogens (tertiary/aromatic N) is 3. The second-order valence-corrected chi connectivity index (χ2v) is 3.99. The molecule has 0 amide bonds. The lowest BCUT2D eigenvalue weighted by Gasteiger charge is -2.14. The molecule has 108 valence electrons. The number of alkyl halides is 3. The summed E-state index contributed by atoms with van der Waals surface area (Å²) in [5.41, 5.74) is 8.26. The van der Waals surface area contributed by atoms with Crippen molar-refractivity contribution in [3.05, 3.63) is 35.1 Å². The van der Waals surface area contributed by atoms with Gasteiger partial charge in [0.15, 0.2) is 0 Å². The van der Waals surface area contributed by atoms with Gasteiger partial charge in [-0.1, -0.05) is 0 Å². The second-order valence-electron chi connectivity index (χ2n) is 3.99. The van der Waals surface area contributed by atoms with Crippen LogP contribution in [0.1, 0.15) is 11.1 Å². The molecular formula is C12H7F4N5. The van der Waals surface area contributed by atoms with E-state index in [0.29, 0.717) is 6.07 Å². The number of nitrogen functional groups attached to an aromatic ring is 2. The molecule has 0 saturated heterocycles. The van der Waals surface area contributed by atoms with E-state index in [1.807, 2.05) is 0 Å². The largest absolute Gasteiger partial charge is 0.417 e. The van der Waals surface area contributed by atoms with Crippen LogP contribution in [0.25, 0.3) is 11.3 Å². The number of nitrogens with two attached hydrogens (primary N) is 2. The molecule has 0 aliphatic carbocycles. The highest BCUT2D eigenvalue weighted by Crippen LogP contribution is 2.38. The Morgan fingerprint density at radius 3 is 2.38 bits per heavy atom. The summed E-state index contributed by atoms with van der Waals surface area (Å²) in [6.45, 7) is 0. The van der Waals surface area contributed by atoms with Gasteiger partial charge in [-0.2, -0.15) is 23.4 Å². The van der Waals surface area contributed by atoms with Crippen molar-refractivity contribution in [2.75, 3.05) is 11.5 Å². The maximum Gasteiger partial charge on any atom is 0.417 e. The molecule has 0 aliphatic heterocycles. The molecule has 2 aromatic rings. The van der Waals surface area contributed by atoms with Gasteiger partial charge in [0.1, 0.15) is 23.3 Å². The predicted molar refractivity (Wildman–Crippen MR) is 66.0 cm³/mol. The fraction of sp³-hybridized carbons (Fsp3) is 0.0833. The van der Waals surface area contributed by atoms with Crippen molar-refractivity contribution in [1.29, 1.82) is 5.26 Å². The van der Waals surface area contributed by atoms with Crippen molar-refractivity contribution < 1.29 is 17.6 Å². The smallest absolute Gasteiger partial charge is 0.382 e. The summed E-state index contributed by atoms with van der Waals surface area (Å²) in [5, 5.41) is 8.99. The second kappa shape index (κ2) is 4.90. The lowest BCUT2D eigenvalue weighted by atomic mass is 10.0. The Bertz CT molecular complexity index is 749. The third-order valence-corrected chi connectivity index (χ3v) is 2.61. The Morgan fingerprint density at radius 2 is 1.81 bits per heavy atom. The first kappa shape index (κ1) is 14.5. The minimum absolute atomic E-state index is 0.310. The molecule has 4 N–H and O–H groups in total. The van der Waals surface area contributed by atoms with Crippen molar-refractivity contribution in [3.8, 4) is 17.3 Å². The first-order valence-corrected chi connectivity index (χ1v) is 5.44. The van der Waals surface area contributed by atoms with Gasteiger partial charge in [0.2, 0.25) is 5.95 Å². The Morgan fingerprint density at radius 1 is 1.14 bits per heavy atom. The molecular weight excluding hydrogens is 290 g/mol. The molecule has 0 radical (unpaired) electrons. The number of halogens is 4. The van der Waals surface area contributed by atoms with Gasteiger partial charge in [-0.05, 0) is 18.2 Å². The summed E-state index contributed by atoms with van der Waals surface area (Å²) < 4.78 is 52.1. The molecule has 0 bridgehead atoms. The molecule has 0 fully saturated rings. The minimum Gasteiger partial charge on any atom is -0.382 e. The van der Waals surface area contributed by atoms with Crippen LogP contribution < -0.4 is 11.5 Å². The van der Waals surface area contributed by atoms with Crippen LogP contribution in [0.5, 0.6) is 0 Å². The molecule has 0 unspecified atom stereocenters. The Kier molecular flexibility index (Phi) is 3.39. The van der Waals surface area contributed by atoms with Crippen LogP contribution in [-0.2, 0) is 6.18 Å². The molecule has 1 heterocycles. The highest BCUT2D eigenvalue weighted by molar-refractivity contribution is 5.75. The van der Waals surface area contributed by atoms with E-state index in [9.17, 15) is 17.6 Å². The van der Waals surface area contributed by atoms with Crippen LogP contribution in [0.2, 0.25) is 0 Å². The lowest BCUT2D eigenvalue weighted by Crippen LogP contribution is -2.11. The van der Waals surface area contributed by atoms with Crippen molar-refractivity contribution in [1.82, 2.24) is 9.97 Å². The van der Waals surface area contributed by atoms with E-state index in [1.54, 1.807) is 6.07 Å². The number of hydrogen-bond donors (Lipinski definition) is 2. The van der Waals surface area contributed by atoms with Gasteiger partial charge in [0.25, 0.3) is 0 Å². The third-order valence-electron chi connectivity index (χ3n) is 2.61. The fourth-order valence-corrected chi connectivity index (χ4v) is 1.76.